The van der Waals surface area contributed by atoms with Crippen LogP contribution in [0.25, 0.3) is 0 Å². The molecule has 0 aromatic heterocycles. The molecule has 0 aliphatic carbocycles. The standard InChI is InChI=1S/C16H20Cl2N4O4S/c1-11(15(23)22-6-5-19-16(22)24)20-7-9-21(10-8-20)27(25,26)14-12(17)3-2-4-13(14)18/h2-4,11H,5-10H2,1H3,(H,19,24)/t11-/m1/s1. The molecule has 2 fully saturated rings. The predicted octanol–water partition coefficient (Wildman–Crippen LogP) is 1.24. The van der Waals surface area contributed by atoms with Crippen LogP contribution in [-0.2, 0) is 14.8 Å². The number of piperazine rings is 1. The van der Waals surface area contributed by atoms with E-state index in [1.54, 1.807) is 13.0 Å². The molecule has 0 radical (unpaired) electrons. The minimum absolute atomic E-state index is 0.0773. The topological polar surface area (TPSA) is 90.0 Å². The lowest BCUT2D eigenvalue weighted by Crippen LogP contribution is -2.55. The first-order valence-corrected chi connectivity index (χ1v) is 10.7. The van der Waals surface area contributed by atoms with E-state index in [4.69, 9.17) is 23.2 Å². The Hall–Kier alpha value is -1.39. The molecule has 1 atom stereocenters. The van der Waals surface area contributed by atoms with E-state index >= 15 is 0 Å². The van der Waals surface area contributed by atoms with Gasteiger partial charge in [-0.05, 0) is 19.1 Å². The third-order valence-corrected chi connectivity index (χ3v) is 7.67. The minimum Gasteiger partial charge on any atom is -0.336 e. The number of nitrogens with zero attached hydrogens (tertiary/aromatic N) is 3. The molecule has 3 amide bonds. The van der Waals surface area contributed by atoms with E-state index in [9.17, 15) is 18.0 Å². The Balaban J connectivity index is 1.68. The van der Waals surface area contributed by atoms with E-state index in [2.05, 4.69) is 5.32 Å². The third-order valence-electron chi connectivity index (χ3n) is 4.82. The van der Waals surface area contributed by atoms with Crippen molar-refractivity contribution in [3.05, 3.63) is 28.2 Å². The molecule has 0 unspecified atom stereocenters. The maximum Gasteiger partial charge on any atom is 0.324 e. The number of sulfonamides is 1. The van der Waals surface area contributed by atoms with Gasteiger partial charge in [0, 0.05) is 39.3 Å². The Labute approximate surface area is 168 Å². The molecular weight excluding hydrogens is 415 g/mol. The third kappa shape index (κ3) is 3.93. The van der Waals surface area contributed by atoms with Crippen LogP contribution in [0.5, 0.6) is 0 Å². The van der Waals surface area contributed by atoms with Crippen LogP contribution < -0.4 is 5.32 Å². The van der Waals surface area contributed by atoms with Crippen LogP contribution in [0.2, 0.25) is 10.0 Å². The Kier molecular flexibility index (Phi) is 5.97. The highest BCUT2D eigenvalue weighted by Gasteiger charge is 2.37. The van der Waals surface area contributed by atoms with E-state index in [-0.39, 0.29) is 40.0 Å². The molecule has 8 nitrogen and oxygen atoms in total. The number of hydrogen-bond donors (Lipinski definition) is 1. The molecule has 3 rings (SSSR count). The van der Waals surface area contributed by atoms with Crippen molar-refractivity contribution in [1.29, 1.82) is 0 Å². The largest absolute Gasteiger partial charge is 0.336 e. The lowest BCUT2D eigenvalue weighted by Gasteiger charge is -2.37. The summed E-state index contributed by atoms with van der Waals surface area (Å²) in [6.07, 6.45) is 0. The first kappa shape index (κ1) is 20.3. The van der Waals surface area contributed by atoms with Gasteiger partial charge in [-0.1, -0.05) is 29.3 Å². The molecule has 2 saturated heterocycles. The van der Waals surface area contributed by atoms with E-state index < -0.39 is 16.1 Å². The molecule has 2 heterocycles. The van der Waals surface area contributed by atoms with Gasteiger partial charge in [0.05, 0.1) is 16.1 Å². The van der Waals surface area contributed by atoms with Crippen LogP contribution in [0.3, 0.4) is 0 Å². The van der Waals surface area contributed by atoms with Crippen molar-refractivity contribution >= 4 is 45.2 Å². The fraction of sp³-hybridized carbons (Fsp3) is 0.500. The number of imide groups is 1. The zero-order valence-electron chi connectivity index (χ0n) is 14.7. The van der Waals surface area contributed by atoms with Crippen molar-refractivity contribution in [3.63, 3.8) is 0 Å². The second-order valence-electron chi connectivity index (χ2n) is 6.39. The van der Waals surface area contributed by atoms with Crippen LogP contribution >= 0.6 is 23.2 Å². The van der Waals surface area contributed by atoms with E-state index in [1.165, 1.54) is 21.3 Å². The van der Waals surface area contributed by atoms with Crippen molar-refractivity contribution in [2.24, 2.45) is 0 Å². The highest BCUT2D eigenvalue weighted by molar-refractivity contribution is 7.89. The van der Waals surface area contributed by atoms with Crippen LogP contribution in [0.1, 0.15) is 6.92 Å². The molecule has 0 spiro atoms. The van der Waals surface area contributed by atoms with Gasteiger partial charge in [0.15, 0.2) is 0 Å². The number of amides is 3. The van der Waals surface area contributed by atoms with Crippen molar-refractivity contribution in [2.45, 2.75) is 17.9 Å². The lowest BCUT2D eigenvalue weighted by molar-refractivity contribution is -0.133. The summed E-state index contributed by atoms with van der Waals surface area (Å²) in [7, 11) is -3.83. The number of carbonyl (C=O) groups is 2. The SMILES string of the molecule is C[C@H](C(=O)N1CCNC1=O)N1CCN(S(=O)(=O)c2c(Cl)cccc2Cl)CC1. The number of rotatable bonds is 4. The first-order chi connectivity index (χ1) is 12.7. The van der Waals surface area contributed by atoms with Crippen LogP contribution in [0, 0.1) is 0 Å². The molecule has 148 valence electrons. The van der Waals surface area contributed by atoms with Gasteiger partial charge in [0.25, 0.3) is 0 Å². The van der Waals surface area contributed by atoms with Gasteiger partial charge >= 0.3 is 6.03 Å². The molecule has 1 aromatic carbocycles. The second kappa shape index (κ2) is 7.92. The summed E-state index contributed by atoms with van der Waals surface area (Å²) >= 11 is 12.1. The van der Waals surface area contributed by atoms with Gasteiger partial charge in [0.1, 0.15) is 4.90 Å². The van der Waals surface area contributed by atoms with Gasteiger partial charge in [0.2, 0.25) is 15.9 Å². The van der Waals surface area contributed by atoms with E-state index in [0.29, 0.717) is 26.2 Å². The quantitative estimate of drug-likeness (QED) is 0.769. The van der Waals surface area contributed by atoms with Crippen molar-refractivity contribution in [1.82, 2.24) is 19.4 Å². The van der Waals surface area contributed by atoms with Gasteiger partial charge in [-0.2, -0.15) is 4.31 Å². The molecule has 11 heteroatoms. The minimum atomic E-state index is -3.83. The smallest absolute Gasteiger partial charge is 0.324 e. The fourth-order valence-electron chi connectivity index (χ4n) is 3.25. The summed E-state index contributed by atoms with van der Waals surface area (Å²) in [6.45, 7) is 3.65. The number of halogens is 2. The normalized spacial score (nSPS) is 20.6. The number of hydrogen-bond acceptors (Lipinski definition) is 5. The highest BCUT2D eigenvalue weighted by atomic mass is 35.5. The molecule has 2 aliphatic rings. The summed E-state index contributed by atoms with van der Waals surface area (Å²) in [5.41, 5.74) is 0. The summed E-state index contributed by atoms with van der Waals surface area (Å²) in [5, 5.41) is 2.75. The number of nitrogens with one attached hydrogen (secondary N) is 1. The average molecular weight is 435 g/mol. The van der Waals surface area contributed by atoms with Gasteiger partial charge in [-0.15, -0.1) is 0 Å². The average Bonchev–Trinajstić information content (AvgIpc) is 3.06. The number of urea groups is 1. The maximum absolute atomic E-state index is 12.9. The maximum atomic E-state index is 12.9. The number of carbonyl (C=O) groups excluding carboxylic acids is 2. The molecular formula is C16H20Cl2N4O4S. The lowest BCUT2D eigenvalue weighted by atomic mass is 10.2. The summed E-state index contributed by atoms with van der Waals surface area (Å²) < 4.78 is 27.1. The van der Waals surface area contributed by atoms with Gasteiger partial charge in [-0.3, -0.25) is 14.6 Å². The van der Waals surface area contributed by atoms with E-state index in [1.807, 2.05) is 4.90 Å². The zero-order valence-corrected chi connectivity index (χ0v) is 17.0. The van der Waals surface area contributed by atoms with Crippen molar-refractivity contribution in [3.8, 4) is 0 Å². The first-order valence-electron chi connectivity index (χ1n) is 8.51. The fourth-order valence-corrected chi connectivity index (χ4v) is 5.77. The Morgan fingerprint density at radius 2 is 1.70 bits per heavy atom. The molecule has 0 saturated carbocycles. The Morgan fingerprint density at radius 3 is 2.22 bits per heavy atom. The predicted molar refractivity (Wildman–Crippen MR) is 101 cm³/mol. The molecule has 2 aliphatic heterocycles. The summed E-state index contributed by atoms with van der Waals surface area (Å²) in [6, 6.07) is 3.66. The monoisotopic (exact) mass is 434 g/mol. The van der Waals surface area contributed by atoms with Crippen LogP contribution in [0.15, 0.2) is 23.1 Å². The molecule has 0 bridgehead atoms. The Morgan fingerprint density at radius 1 is 1.11 bits per heavy atom. The summed E-state index contributed by atoms with van der Waals surface area (Å²) in [5.74, 6) is -0.282. The van der Waals surface area contributed by atoms with Crippen molar-refractivity contribution in [2.75, 3.05) is 39.3 Å². The van der Waals surface area contributed by atoms with Gasteiger partial charge < -0.3 is 5.32 Å². The van der Waals surface area contributed by atoms with Crippen LogP contribution in [-0.4, -0.2) is 79.8 Å². The second-order valence-corrected chi connectivity index (χ2v) is 9.08. The molecule has 1 N–H and O–H groups in total. The zero-order chi connectivity index (χ0) is 19.8. The highest BCUT2D eigenvalue weighted by Crippen LogP contribution is 2.32. The number of benzene rings is 1. The Bertz CT molecular complexity index is 836. The van der Waals surface area contributed by atoms with Crippen LogP contribution in [0.4, 0.5) is 4.79 Å². The molecule has 27 heavy (non-hydrogen) atoms. The van der Waals surface area contributed by atoms with E-state index in [0.717, 1.165) is 0 Å². The van der Waals surface area contributed by atoms with Crippen molar-refractivity contribution < 1.29 is 18.0 Å². The summed E-state index contributed by atoms with van der Waals surface area (Å²) in [4.78, 5) is 27.1. The molecule has 1 aromatic rings. The van der Waals surface area contributed by atoms with Gasteiger partial charge in [-0.25, -0.2) is 13.2 Å².